The van der Waals surface area contributed by atoms with Gasteiger partial charge in [0.1, 0.15) is 0 Å². The molecule has 1 amide bonds. The summed E-state index contributed by atoms with van der Waals surface area (Å²) in [5, 5.41) is 8.33. The van der Waals surface area contributed by atoms with E-state index in [0.717, 1.165) is 18.4 Å². The van der Waals surface area contributed by atoms with Crippen molar-refractivity contribution in [3.8, 4) is 11.5 Å². The van der Waals surface area contributed by atoms with Crippen LogP contribution in [0.3, 0.4) is 0 Å². The molecule has 2 heterocycles. The third-order valence-electron chi connectivity index (χ3n) is 4.47. The fraction of sp³-hybridized carbons (Fsp3) is 0.500. The van der Waals surface area contributed by atoms with Crippen molar-refractivity contribution in [3.05, 3.63) is 30.3 Å². The molecule has 1 aromatic carbocycles. The van der Waals surface area contributed by atoms with Crippen LogP contribution in [0.1, 0.15) is 26.2 Å². The summed E-state index contributed by atoms with van der Waals surface area (Å²) in [6.07, 6.45) is 2.31. The Bertz CT molecular complexity index is 868. The van der Waals surface area contributed by atoms with E-state index >= 15 is 0 Å². The normalized spacial score (nSPS) is 18.5. The number of rotatable bonds is 8. The number of benzene rings is 1. The molecule has 0 spiro atoms. The summed E-state index contributed by atoms with van der Waals surface area (Å²) in [5.74, 6) is 0.693. The quantitative estimate of drug-likeness (QED) is 0.619. The molecule has 1 atom stereocenters. The first kappa shape index (κ1) is 19.9. The fourth-order valence-corrected chi connectivity index (χ4v) is 5.41. The molecule has 7 nitrogen and oxygen atoms in total. The largest absolute Gasteiger partial charge is 0.411 e. The van der Waals surface area contributed by atoms with Crippen molar-refractivity contribution in [1.82, 2.24) is 15.1 Å². The molecular weight excluding hydrogens is 386 g/mol. The molecule has 146 valence electrons. The van der Waals surface area contributed by atoms with Crippen LogP contribution >= 0.6 is 11.8 Å². The molecule has 1 aliphatic rings. The highest BCUT2D eigenvalue weighted by atomic mass is 32.2. The monoisotopic (exact) mass is 409 g/mol. The molecule has 0 aliphatic carbocycles. The minimum atomic E-state index is -3.04. The Labute approximate surface area is 163 Å². The van der Waals surface area contributed by atoms with Gasteiger partial charge in [0.05, 0.1) is 17.3 Å². The van der Waals surface area contributed by atoms with E-state index in [-0.39, 0.29) is 29.2 Å². The molecule has 1 fully saturated rings. The van der Waals surface area contributed by atoms with Crippen molar-refractivity contribution in [3.63, 3.8) is 0 Å². The summed E-state index contributed by atoms with van der Waals surface area (Å²) in [7, 11) is -3.04. The van der Waals surface area contributed by atoms with Gasteiger partial charge in [-0.15, -0.1) is 10.2 Å². The van der Waals surface area contributed by atoms with Gasteiger partial charge in [0.25, 0.3) is 5.22 Å². The number of aromatic nitrogens is 2. The van der Waals surface area contributed by atoms with Crippen LogP contribution in [0.15, 0.2) is 40.0 Å². The van der Waals surface area contributed by atoms with E-state index in [4.69, 9.17) is 4.42 Å². The second kappa shape index (κ2) is 8.88. The van der Waals surface area contributed by atoms with Crippen LogP contribution in [-0.2, 0) is 14.6 Å². The molecule has 1 saturated heterocycles. The number of sulfone groups is 1. The molecule has 0 bridgehead atoms. The van der Waals surface area contributed by atoms with Gasteiger partial charge in [0.15, 0.2) is 9.84 Å². The average molecular weight is 410 g/mol. The number of hydrogen-bond acceptors (Lipinski definition) is 7. The lowest BCUT2D eigenvalue weighted by atomic mass is 10.2. The molecule has 0 saturated carbocycles. The number of nitrogens with zero attached hydrogens (tertiary/aromatic N) is 3. The number of carbonyl (C=O) groups excluding carboxylic acids is 1. The van der Waals surface area contributed by atoms with E-state index in [0.29, 0.717) is 24.1 Å². The van der Waals surface area contributed by atoms with Crippen LogP contribution in [0.5, 0.6) is 0 Å². The smallest absolute Gasteiger partial charge is 0.277 e. The number of carbonyl (C=O) groups is 1. The lowest BCUT2D eigenvalue weighted by Crippen LogP contribution is -2.42. The SMILES string of the molecule is CCCCN(C(=O)CSc1nnc(-c2ccccc2)o1)C1CCS(=O)(=O)C1. The van der Waals surface area contributed by atoms with Gasteiger partial charge in [0.2, 0.25) is 11.8 Å². The van der Waals surface area contributed by atoms with Gasteiger partial charge in [-0.3, -0.25) is 4.79 Å². The van der Waals surface area contributed by atoms with Crippen LogP contribution < -0.4 is 0 Å². The van der Waals surface area contributed by atoms with Crippen molar-refractivity contribution < 1.29 is 17.6 Å². The molecule has 1 aromatic heterocycles. The average Bonchev–Trinajstić information content (AvgIpc) is 3.27. The van der Waals surface area contributed by atoms with Crippen LogP contribution in [-0.4, -0.2) is 59.3 Å². The van der Waals surface area contributed by atoms with E-state index in [1.807, 2.05) is 37.3 Å². The molecule has 2 aromatic rings. The Balaban J connectivity index is 1.61. The van der Waals surface area contributed by atoms with Crippen LogP contribution in [0.25, 0.3) is 11.5 Å². The third kappa shape index (κ3) is 5.32. The molecule has 3 rings (SSSR count). The van der Waals surface area contributed by atoms with Crippen LogP contribution in [0, 0.1) is 0 Å². The van der Waals surface area contributed by atoms with E-state index < -0.39 is 9.84 Å². The predicted molar refractivity (Wildman–Crippen MR) is 104 cm³/mol. The Morgan fingerprint density at radius 1 is 1.30 bits per heavy atom. The Morgan fingerprint density at radius 2 is 2.07 bits per heavy atom. The molecular formula is C18H23N3O4S2. The predicted octanol–water partition coefficient (Wildman–Crippen LogP) is 2.64. The number of hydrogen-bond donors (Lipinski definition) is 0. The van der Waals surface area contributed by atoms with Crippen molar-refractivity contribution in [1.29, 1.82) is 0 Å². The minimum absolute atomic E-state index is 0.0613. The lowest BCUT2D eigenvalue weighted by molar-refractivity contribution is -0.130. The number of amides is 1. The zero-order valence-electron chi connectivity index (χ0n) is 15.2. The topological polar surface area (TPSA) is 93.4 Å². The van der Waals surface area contributed by atoms with E-state index in [9.17, 15) is 13.2 Å². The summed E-state index contributed by atoms with van der Waals surface area (Å²) < 4.78 is 29.2. The van der Waals surface area contributed by atoms with Gasteiger partial charge in [0, 0.05) is 18.2 Å². The molecule has 1 unspecified atom stereocenters. The zero-order valence-corrected chi connectivity index (χ0v) is 16.8. The minimum Gasteiger partial charge on any atom is -0.411 e. The first-order valence-corrected chi connectivity index (χ1v) is 11.8. The molecule has 0 radical (unpaired) electrons. The van der Waals surface area contributed by atoms with Crippen LogP contribution in [0.2, 0.25) is 0 Å². The first-order valence-electron chi connectivity index (χ1n) is 9.00. The van der Waals surface area contributed by atoms with E-state index in [2.05, 4.69) is 10.2 Å². The molecule has 9 heteroatoms. The second-order valence-electron chi connectivity index (χ2n) is 6.53. The molecule has 1 aliphatic heterocycles. The van der Waals surface area contributed by atoms with E-state index in [1.54, 1.807) is 4.90 Å². The maximum Gasteiger partial charge on any atom is 0.277 e. The Morgan fingerprint density at radius 3 is 2.74 bits per heavy atom. The standard InChI is InChI=1S/C18H23N3O4S2/c1-2-3-10-21(15-9-11-27(23,24)13-15)16(22)12-26-18-20-19-17(25-18)14-7-5-4-6-8-14/h4-8,15H,2-3,9-13H2,1H3. The molecule has 27 heavy (non-hydrogen) atoms. The van der Waals surface area contributed by atoms with Gasteiger partial charge in [-0.2, -0.15) is 0 Å². The third-order valence-corrected chi connectivity index (χ3v) is 7.02. The highest BCUT2D eigenvalue weighted by molar-refractivity contribution is 7.99. The lowest BCUT2D eigenvalue weighted by Gasteiger charge is -2.28. The summed E-state index contributed by atoms with van der Waals surface area (Å²) in [6, 6.07) is 9.20. The van der Waals surface area contributed by atoms with Crippen molar-refractivity contribution in [2.75, 3.05) is 23.8 Å². The van der Waals surface area contributed by atoms with Gasteiger partial charge in [-0.1, -0.05) is 43.3 Å². The molecule has 0 N–H and O–H groups in total. The second-order valence-corrected chi connectivity index (χ2v) is 9.68. The summed E-state index contributed by atoms with van der Waals surface area (Å²) in [5.41, 5.74) is 0.823. The summed E-state index contributed by atoms with van der Waals surface area (Å²) >= 11 is 1.18. The van der Waals surface area contributed by atoms with Gasteiger partial charge >= 0.3 is 0 Å². The number of thioether (sulfide) groups is 1. The maximum atomic E-state index is 12.7. The van der Waals surface area contributed by atoms with Crippen molar-refractivity contribution >= 4 is 27.5 Å². The van der Waals surface area contributed by atoms with Gasteiger partial charge < -0.3 is 9.32 Å². The van der Waals surface area contributed by atoms with Gasteiger partial charge in [-0.05, 0) is 25.0 Å². The van der Waals surface area contributed by atoms with Crippen LogP contribution in [0.4, 0.5) is 0 Å². The summed E-state index contributed by atoms with van der Waals surface area (Å²) in [6.45, 7) is 2.63. The highest BCUT2D eigenvalue weighted by Gasteiger charge is 2.34. The first-order chi connectivity index (χ1) is 13.0. The fourth-order valence-electron chi connectivity index (χ4n) is 3.03. The summed E-state index contributed by atoms with van der Waals surface area (Å²) in [4.78, 5) is 14.4. The number of unbranched alkanes of at least 4 members (excludes halogenated alkanes) is 1. The van der Waals surface area contributed by atoms with Crippen molar-refractivity contribution in [2.24, 2.45) is 0 Å². The Kier molecular flexibility index (Phi) is 6.54. The highest BCUT2D eigenvalue weighted by Crippen LogP contribution is 2.24. The van der Waals surface area contributed by atoms with Gasteiger partial charge in [-0.25, -0.2) is 8.42 Å². The van der Waals surface area contributed by atoms with E-state index in [1.165, 1.54) is 11.8 Å². The zero-order chi connectivity index (χ0) is 19.3. The Hall–Kier alpha value is -1.87. The maximum absolute atomic E-state index is 12.7. The van der Waals surface area contributed by atoms with Crippen molar-refractivity contribution in [2.45, 2.75) is 37.5 Å².